The largest absolute Gasteiger partial charge is 0.472 e. The van der Waals surface area contributed by atoms with E-state index in [1.54, 1.807) is 6.92 Å². The molecule has 8 atom stereocenters. The maximum Gasteiger partial charge on any atom is 0.472 e. The van der Waals surface area contributed by atoms with Gasteiger partial charge >= 0.3 is 29.4 Å². The highest BCUT2D eigenvalue weighted by Crippen LogP contribution is 2.51. The molecule has 1 rings (SSSR count). The molecule has 0 bridgehead atoms. The highest BCUT2D eigenvalue weighted by molar-refractivity contribution is 8.17. The molecule has 1 fully saturated rings. The number of thioether (sulfide) groups is 1. The van der Waals surface area contributed by atoms with Gasteiger partial charge in [-0.2, -0.15) is 0 Å². The quantitative estimate of drug-likeness (QED) is 0.0143. The molecule has 374 valence electrons. The number of esters is 1. The van der Waals surface area contributed by atoms with Crippen molar-refractivity contribution in [2.45, 2.75) is 166 Å². The molecule has 24 heteroatoms. The van der Waals surface area contributed by atoms with Crippen molar-refractivity contribution in [3.05, 3.63) is 0 Å². The van der Waals surface area contributed by atoms with Gasteiger partial charge < -0.3 is 54.4 Å². The van der Waals surface area contributed by atoms with Crippen LogP contribution in [0, 0.1) is 46.7 Å². The van der Waals surface area contributed by atoms with Crippen LogP contribution in [0.2, 0.25) is 0 Å². The van der Waals surface area contributed by atoms with E-state index in [1.807, 2.05) is 6.92 Å². The summed E-state index contributed by atoms with van der Waals surface area (Å²) < 4.78 is 63.4. The second-order valence-corrected chi connectivity index (χ2v) is 18.5. The van der Waals surface area contributed by atoms with Gasteiger partial charge in [-0.3, -0.25) is 27.7 Å². The van der Waals surface area contributed by atoms with Gasteiger partial charge in [0.05, 0.1) is 13.2 Å². The number of phosphoric acid groups is 3. The summed E-state index contributed by atoms with van der Waals surface area (Å²) in [4.78, 5) is 70.1. The number of aliphatic hydroxyl groups is 4. The number of carbonyl (C=O) groups is 2. The third-order valence-electron chi connectivity index (χ3n) is 8.50. The van der Waals surface area contributed by atoms with Gasteiger partial charge in [0.2, 0.25) is 5.12 Å². The molecule has 1 aliphatic rings. The summed E-state index contributed by atoms with van der Waals surface area (Å²) in [5, 5.41) is 42.9. The van der Waals surface area contributed by atoms with Crippen molar-refractivity contribution in [1.29, 1.82) is 0 Å². The lowest BCUT2D eigenvalue weighted by atomic mass is 9.85. The average molecular weight is 991 g/mol. The van der Waals surface area contributed by atoms with Crippen LogP contribution >= 0.6 is 35.2 Å². The van der Waals surface area contributed by atoms with Crippen molar-refractivity contribution in [2.24, 2.45) is 0 Å². The highest BCUT2D eigenvalue weighted by Gasteiger charge is 2.56. The molecule has 0 aromatic rings. The minimum absolute atomic E-state index is 0. The highest BCUT2D eigenvalue weighted by atomic mass is 32.2. The molecule has 0 heterocycles. The monoisotopic (exact) mass is 990 g/mol. The van der Waals surface area contributed by atoms with Gasteiger partial charge in [0.25, 0.3) is 0 Å². The summed E-state index contributed by atoms with van der Waals surface area (Å²) in [5.74, 6) is 17.1. The van der Waals surface area contributed by atoms with Crippen molar-refractivity contribution >= 4 is 46.3 Å². The van der Waals surface area contributed by atoms with E-state index in [9.17, 15) is 43.5 Å². The molecule has 0 saturated heterocycles. The summed E-state index contributed by atoms with van der Waals surface area (Å²) in [6.45, 7) is 3.71. The molecule has 63 heavy (non-hydrogen) atoms. The number of phosphoric ester groups is 3. The molecular formula is C39H77O20P3S. The number of ether oxygens (including phenoxy) is 2. The summed E-state index contributed by atoms with van der Waals surface area (Å²) in [6, 6.07) is 0. The molecule has 9 N–H and O–H groups in total. The Bertz CT molecular complexity index is 1760. The third kappa shape index (κ3) is 32.2. The van der Waals surface area contributed by atoms with E-state index in [1.165, 1.54) is 51.4 Å². The molecule has 0 aliphatic heterocycles. The van der Waals surface area contributed by atoms with Crippen LogP contribution in [0.15, 0.2) is 0 Å². The molecule has 0 aromatic heterocycles. The SMILES string of the molecule is CC#CC#CC#CC#CSC(=O)CCC.CCCCCCCCCCCCCCCC(=O)O[C@H](COCO)COP(=O)(O)OC1C(O)[C@H](OP(=O)(O)O)[C@H](OP(=O)(O)O)C(O)[C@@H]1O.[HH].[HH].[HH].[HH].[HH].[HH].[HH]. The number of hydrogen-bond acceptors (Lipinski definition) is 16. The summed E-state index contributed by atoms with van der Waals surface area (Å²) in [6.07, 6.45) is -0.286. The minimum Gasteiger partial charge on any atom is -0.457 e. The van der Waals surface area contributed by atoms with Crippen LogP contribution in [0.4, 0.5) is 0 Å². The number of hydrogen-bond donors (Lipinski definition) is 9. The standard InChI is InChI=1S/C26H53O19P3.C13H10OS.7H2/c1-2-3-4-5-6-7-8-9-10-11-12-13-14-15-20(28)42-19(16-40-18-27)17-41-48(38,39)45-24-21(29)22(30)25(43-46(32,33)34)26(23(24)31)44-47(35,36)37;1-3-5-6-7-8-9-10-12-15-13(14)11-4-2;;;;;;;/h19,21-27,29-31H,2-18H2,1H3,(H,38,39)(H2,32,33,34)(H2,35,36,37);4,11H2,1-2H3;7*1H/t19-,21+,22?,23?,24?,25-,26+;;;;;;;;/m1......../s1. The van der Waals surface area contributed by atoms with Crippen molar-refractivity contribution < 1.29 is 106 Å². The number of rotatable bonds is 29. The Hall–Kier alpha value is -2.14. The maximum absolute atomic E-state index is 12.7. The van der Waals surface area contributed by atoms with Gasteiger partial charge in [0, 0.05) is 34.6 Å². The fourth-order valence-electron chi connectivity index (χ4n) is 5.60. The Morgan fingerprint density at radius 3 is 1.59 bits per heavy atom. The zero-order valence-corrected chi connectivity index (χ0v) is 39.2. The fraction of sp³-hybridized carbons (Fsp3) is 0.744. The van der Waals surface area contributed by atoms with Crippen molar-refractivity contribution in [3.63, 3.8) is 0 Å². The predicted molar refractivity (Wildman–Crippen MR) is 245 cm³/mol. The van der Waals surface area contributed by atoms with Crippen LogP contribution in [0.3, 0.4) is 0 Å². The predicted octanol–water partition coefficient (Wildman–Crippen LogP) is 5.66. The maximum atomic E-state index is 12.7. The number of carbonyl (C=O) groups excluding carboxylic acids is 2. The first kappa shape index (κ1) is 60.9. The lowest BCUT2D eigenvalue weighted by Gasteiger charge is -2.44. The van der Waals surface area contributed by atoms with Crippen LogP contribution in [0.1, 0.15) is 133 Å². The molecule has 20 nitrogen and oxygen atoms in total. The van der Waals surface area contributed by atoms with E-state index < -0.39 is 92.2 Å². The second kappa shape index (κ2) is 35.1. The summed E-state index contributed by atoms with van der Waals surface area (Å²) in [5.41, 5.74) is 0. The zero-order valence-electron chi connectivity index (χ0n) is 35.7. The molecule has 0 spiro atoms. The van der Waals surface area contributed by atoms with Crippen LogP contribution in [-0.2, 0) is 50.9 Å². The molecule has 0 radical (unpaired) electrons. The molecule has 1 aliphatic carbocycles. The van der Waals surface area contributed by atoms with Crippen LogP contribution in [0.5, 0.6) is 0 Å². The van der Waals surface area contributed by atoms with Gasteiger partial charge in [0.1, 0.15) is 49.5 Å². The Labute approximate surface area is 384 Å². The first-order chi connectivity index (χ1) is 29.7. The van der Waals surface area contributed by atoms with E-state index in [-0.39, 0.29) is 21.5 Å². The molecule has 1 saturated carbocycles. The van der Waals surface area contributed by atoms with Crippen LogP contribution in [-0.4, -0.2) is 119 Å². The topological polar surface area (TPSA) is 323 Å². The van der Waals surface area contributed by atoms with E-state index >= 15 is 0 Å². The smallest absolute Gasteiger partial charge is 0.457 e. The normalized spacial score (nSPS) is 20.9. The Kier molecular flexibility index (Phi) is 33.9. The molecular weight excluding hydrogens is 913 g/mol. The Morgan fingerprint density at radius 1 is 0.619 bits per heavy atom. The van der Waals surface area contributed by atoms with Gasteiger partial charge in [0.15, 0.2) is 0 Å². The Balaban J connectivity index is -0.000000252. The molecule has 0 aromatic carbocycles. The number of unbranched alkanes of at least 4 members (excludes halogenated alkanes) is 12. The second-order valence-electron chi connectivity index (χ2n) is 13.9. The van der Waals surface area contributed by atoms with Crippen molar-refractivity contribution in [2.75, 3.05) is 20.0 Å². The lowest BCUT2D eigenvalue weighted by molar-refractivity contribution is -0.213. The van der Waals surface area contributed by atoms with Gasteiger partial charge in [-0.25, -0.2) is 13.7 Å². The lowest BCUT2D eigenvalue weighted by Crippen LogP contribution is -2.65. The zero-order chi connectivity index (χ0) is 47.7. The van der Waals surface area contributed by atoms with E-state index in [0.29, 0.717) is 12.8 Å². The van der Waals surface area contributed by atoms with E-state index in [2.05, 4.69) is 62.7 Å². The first-order valence-electron chi connectivity index (χ1n) is 20.4. The molecule has 4 unspecified atom stereocenters. The van der Waals surface area contributed by atoms with E-state index in [4.69, 9.17) is 43.2 Å². The van der Waals surface area contributed by atoms with Crippen molar-refractivity contribution in [3.8, 4) is 46.7 Å². The van der Waals surface area contributed by atoms with Crippen molar-refractivity contribution in [1.82, 2.24) is 0 Å². The third-order valence-corrected chi connectivity index (χ3v) is 11.2. The fourth-order valence-corrected chi connectivity index (χ4v) is 8.22. The summed E-state index contributed by atoms with van der Waals surface area (Å²) in [7, 11) is -16.4. The van der Waals surface area contributed by atoms with Gasteiger partial charge in [-0.15, -0.1) is 0 Å². The first-order valence-corrected chi connectivity index (χ1v) is 25.8. The van der Waals surface area contributed by atoms with Crippen LogP contribution < -0.4 is 0 Å². The minimum atomic E-state index is -5.56. The Morgan fingerprint density at radius 2 is 1.10 bits per heavy atom. The van der Waals surface area contributed by atoms with Gasteiger partial charge in [-0.05, 0) is 60.5 Å². The molecule has 0 amide bonds. The van der Waals surface area contributed by atoms with Crippen LogP contribution in [0.25, 0.3) is 0 Å². The summed E-state index contributed by atoms with van der Waals surface area (Å²) >= 11 is 0.991. The van der Waals surface area contributed by atoms with Gasteiger partial charge in [-0.1, -0.05) is 96.8 Å². The van der Waals surface area contributed by atoms with E-state index in [0.717, 1.165) is 43.9 Å². The average Bonchev–Trinajstić information content (AvgIpc) is 3.20. The number of aliphatic hydroxyl groups excluding tert-OH is 4.